The number of rotatable bonds is 4. The summed E-state index contributed by atoms with van der Waals surface area (Å²) >= 11 is 0. The Morgan fingerprint density at radius 1 is 0.909 bits per heavy atom. The Balaban J connectivity index is 1.93. The van der Waals surface area contributed by atoms with Crippen molar-refractivity contribution < 1.29 is 9.90 Å². The smallest absolute Gasteiger partial charge is 0.306 e. The van der Waals surface area contributed by atoms with Crippen LogP contribution in [0.5, 0.6) is 0 Å². The fraction of sp³-hybridized carbons (Fsp3) is 0.263. The molecular formula is C19H19NO2. The molecule has 0 heterocycles. The maximum atomic E-state index is 11.1. The highest BCUT2D eigenvalue weighted by Gasteiger charge is 2.29. The summed E-state index contributed by atoms with van der Waals surface area (Å²) in [5.41, 5.74) is 3.11. The lowest BCUT2D eigenvalue weighted by molar-refractivity contribution is -0.141. The number of carboxylic acid groups (broad SMARTS) is 1. The second-order valence-corrected chi connectivity index (χ2v) is 5.71. The molecule has 22 heavy (non-hydrogen) atoms. The summed E-state index contributed by atoms with van der Waals surface area (Å²) in [7, 11) is 0. The van der Waals surface area contributed by atoms with Gasteiger partial charge in [-0.2, -0.15) is 0 Å². The van der Waals surface area contributed by atoms with Gasteiger partial charge in [0.05, 0.1) is 17.7 Å². The summed E-state index contributed by atoms with van der Waals surface area (Å²) in [5, 5.41) is 9.15. The predicted molar refractivity (Wildman–Crippen MR) is 87.3 cm³/mol. The number of carboxylic acids is 1. The highest BCUT2D eigenvalue weighted by Crippen LogP contribution is 2.29. The average Bonchev–Trinajstić information content (AvgIpc) is 3.03. The van der Waals surface area contributed by atoms with E-state index >= 15 is 0 Å². The molecule has 0 aromatic heterocycles. The second-order valence-electron chi connectivity index (χ2n) is 5.71. The topological polar surface area (TPSA) is 49.7 Å². The maximum Gasteiger partial charge on any atom is 0.306 e. The van der Waals surface area contributed by atoms with Crippen LogP contribution in [0.4, 0.5) is 0 Å². The number of aliphatic imine (C=N–C) groups is 1. The molecule has 0 radical (unpaired) electrons. The molecule has 0 unspecified atom stereocenters. The van der Waals surface area contributed by atoms with Crippen LogP contribution >= 0.6 is 0 Å². The monoisotopic (exact) mass is 293 g/mol. The van der Waals surface area contributed by atoms with Crippen molar-refractivity contribution in [3.8, 4) is 0 Å². The molecule has 112 valence electrons. The summed E-state index contributed by atoms with van der Waals surface area (Å²) in [6, 6.07) is 20.3. The molecule has 0 saturated heterocycles. The SMILES string of the molecule is O=C(O)[C@H]1CC[C@@H](N=C(c2ccccc2)c2ccccc2)C1. The fourth-order valence-electron chi connectivity index (χ4n) is 2.99. The Morgan fingerprint density at radius 2 is 1.45 bits per heavy atom. The number of carbonyl (C=O) groups is 1. The van der Waals surface area contributed by atoms with Crippen molar-refractivity contribution in [1.82, 2.24) is 0 Å². The third-order valence-electron chi connectivity index (χ3n) is 4.16. The first kappa shape index (κ1) is 14.5. The molecule has 1 fully saturated rings. The molecule has 1 aliphatic carbocycles. The van der Waals surface area contributed by atoms with Gasteiger partial charge in [0, 0.05) is 11.1 Å². The molecule has 3 nitrogen and oxygen atoms in total. The molecule has 0 spiro atoms. The van der Waals surface area contributed by atoms with Crippen molar-refractivity contribution in [2.45, 2.75) is 25.3 Å². The first-order chi connectivity index (χ1) is 10.7. The van der Waals surface area contributed by atoms with Crippen LogP contribution < -0.4 is 0 Å². The highest BCUT2D eigenvalue weighted by molar-refractivity contribution is 6.13. The maximum absolute atomic E-state index is 11.1. The van der Waals surface area contributed by atoms with Gasteiger partial charge in [-0.05, 0) is 19.3 Å². The number of hydrogen-bond acceptors (Lipinski definition) is 2. The predicted octanol–water partition coefficient (Wildman–Crippen LogP) is 3.78. The van der Waals surface area contributed by atoms with E-state index in [0.29, 0.717) is 6.42 Å². The molecule has 1 aliphatic rings. The van der Waals surface area contributed by atoms with E-state index in [9.17, 15) is 4.79 Å². The second kappa shape index (κ2) is 6.56. The number of nitrogens with zero attached hydrogens (tertiary/aromatic N) is 1. The van der Waals surface area contributed by atoms with Gasteiger partial charge in [-0.3, -0.25) is 9.79 Å². The fourth-order valence-corrected chi connectivity index (χ4v) is 2.99. The zero-order chi connectivity index (χ0) is 15.4. The van der Waals surface area contributed by atoms with Crippen molar-refractivity contribution in [1.29, 1.82) is 0 Å². The molecule has 0 bridgehead atoms. The van der Waals surface area contributed by atoms with Gasteiger partial charge in [-0.15, -0.1) is 0 Å². The van der Waals surface area contributed by atoms with E-state index < -0.39 is 5.97 Å². The lowest BCUT2D eigenvalue weighted by Crippen LogP contribution is -2.12. The molecule has 0 amide bonds. The molecule has 1 N–H and O–H groups in total. The van der Waals surface area contributed by atoms with Crippen LogP contribution in [0.2, 0.25) is 0 Å². The van der Waals surface area contributed by atoms with E-state index in [-0.39, 0.29) is 12.0 Å². The minimum absolute atomic E-state index is 0.0940. The van der Waals surface area contributed by atoms with Crippen LogP contribution in [-0.4, -0.2) is 22.8 Å². The summed E-state index contributed by atoms with van der Waals surface area (Å²) in [6.07, 6.45) is 2.21. The van der Waals surface area contributed by atoms with Gasteiger partial charge >= 0.3 is 5.97 Å². The van der Waals surface area contributed by atoms with E-state index in [1.54, 1.807) is 0 Å². The minimum atomic E-state index is -0.696. The van der Waals surface area contributed by atoms with Crippen LogP contribution in [0.3, 0.4) is 0 Å². The lowest BCUT2D eigenvalue weighted by Gasteiger charge is -2.11. The molecular weight excluding hydrogens is 274 g/mol. The van der Waals surface area contributed by atoms with Crippen molar-refractivity contribution in [3.05, 3.63) is 71.8 Å². The van der Waals surface area contributed by atoms with E-state index in [1.165, 1.54) is 0 Å². The van der Waals surface area contributed by atoms with E-state index in [4.69, 9.17) is 10.1 Å². The standard InChI is InChI=1S/C19H19NO2/c21-19(22)16-11-12-17(13-16)20-18(14-7-3-1-4-8-14)15-9-5-2-6-10-15/h1-10,16-17H,11-13H2,(H,21,22)/t16-,17+/m0/s1. The molecule has 3 rings (SSSR count). The Kier molecular flexibility index (Phi) is 4.33. The van der Waals surface area contributed by atoms with Crippen LogP contribution in [0.15, 0.2) is 65.7 Å². The highest BCUT2D eigenvalue weighted by atomic mass is 16.4. The Morgan fingerprint density at radius 3 is 1.91 bits per heavy atom. The largest absolute Gasteiger partial charge is 0.481 e. The number of benzene rings is 2. The summed E-state index contributed by atoms with van der Waals surface area (Å²) < 4.78 is 0. The van der Waals surface area contributed by atoms with E-state index in [1.807, 2.05) is 36.4 Å². The van der Waals surface area contributed by atoms with Crippen molar-refractivity contribution in [2.75, 3.05) is 0 Å². The minimum Gasteiger partial charge on any atom is -0.481 e. The van der Waals surface area contributed by atoms with Gasteiger partial charge in [-0.1, -0.05) is 60.7 Å². The van der Waals surface area contributed by atoms with Crippen LogP contribution in [0.25, 0.3) is 0 Å². The van der Waals surface area contributed by atoms with Gasteiger partial charge < -0.3 is 5.11 Å². The molecule has 1 saturated carbocycles. The lowest BCUT2D eigenvalue weighted by atomic mass is 10.0. The third kappa shape index (κ3) is 3.25. The van der Waals surface area contributed by atoms with Gasteiger partial charge in [0.25, 0.3) is 0 Å². The van der Waals surface area contributed by atoms with E-state index in [0.717, 1.165) is 29.7 Å². The van der Waals surface area contributed by atoms with Gasteiger partial charge in [-0.25, -0.2) is 0 Å². The summed E-state index contributed by atoms with van der Waals surface area (Å²) in [6.45, 7) is 0. The van der Waals surface area contributed by atoms with E-state index in [2.05, 4.69) is 24.3 Å². The van der Waals surface area contributed by atoms with Gasteiger partial charge in [0.15, 0.2) is 0 Å². The summed E-state index contributed by atoms with van der Waals surface area (Å²) in [4.78, 5) is 16.0. The Hall–Kier alpha value is -2.42. The quantitative estimate of drug-likeness (QED) is 0.872. The molecule has 2 atom stereocenters. The molecule has 2 aromatic carbocycles. The molecule has 0 aliphatic heterocycles. The van der Waals surface area contributed by atoms with Crippen molar-refractivity contribution >= 4 is 11.7 Å². The average molecular weight is 293 g/mol. The number of aliphatic carboxylic acids is 1. The van der Waals surface area contributed by atoms with Gasteiger partial charge in [0.2, 0.25) is 0 Å². The number of hydrogen-bond donors (Lipinski definition) is 1. The van der Waals surface area contributed by atoms with Crippen LogP contribution in [0, 0.1) is 5.92 Å². The summed E-state index contributed by atoms with van der Waals surface area (Å²) in [5.74, 6) is -0.944. The Bertz CT molecular complexity index is 623. The first-order valence-corrected chi connectivity index (χ1v) is 7.65. The van der Waals surface area contributed by atoms with Crippen molar-refractivity contribution in [2.24, 2.45) is 10.9 Å². The first-order valence-electron chi connectivity index (χ1n) is 7.65. The van der Waals surface area contributed by atoms with Crippen LogP contribution in [0.1, 0.15) is 30.4 Å². The molecule has 2 aromatic rings. The third-order valence-corrected chi connectivity index (χ3v) is 4.16. The van der Waals surface area contributed by atoms with Crippen molar-refractivity contribution in [3.63, 3.8) is 0 Å². The van der Waals surface area contributed by atoms with Crippen LogP contribution in [-0.2, 0) is 4.79 Å². The molecule has 3 heteroatoms. The van der Waals surface area contributed by atoms with Gasteiger partial charge in [0.1, 0.15) is 0 Å². The Labute approximate surface area is 130 Å². The normalized spacial score (nSPS) is 20.5. The zero-order valence-electron chi connectivity index (χ0n) is 12.4. The zero-order valence-corrected chi connectivity index (χ0v) is 12.4.